The van der Waals surface area contributed by atoms with Gasteiger partial charge in [0.2, 0.25) is 0 Å². The minimum absolute atomic E-state index is 0.349. The molecule has 0 fully saturated rings. The molecule has 0 saturated carbocycles. The minimum Gasteiger partial charge on any atom is -0.494 e. The zero-order valence-corrected chi connectivity index (χ0v) is 22.0. The summed E-state index contributed by atoms with van der Waals surface area (Å²) in [7, 11) is 0. The minimum atomic E-state index is -0.514. The van der Waals surface area contributed by atoms with Gasteiger partial charge in [-0.05, 0) is 92.3 Å². The molecule has 39 heavy (non-hydrogen) atoms. The van der Waals surface area contributed by atoms with Crippen LogP contribution in [-0.2, 0) is 14.3 Å². The molecular weight excluding hydrogens is 496 g/mol. The summed E-state index contributed by atoms with van der Waals surface area (Å²) in [5.74, 6) is 0.209. The van der Waals surface area contributed by atoms with Crippen LogP contribution in [0.3, 0.4) is 0 Å². The van der Waals surface area contributed by atoms with Crippen LogP contribution < -0.4 is 14.2 Å². The SMILES string of the molecule is C=CC(=O)Oc1ccc(-c2ccc(OC(=O)c3ccc(OCCCCCCOC(=O)C(=C)C)cc3)cc2)cc1. The smallest absolute Gasteiger partial charge is 0.343 e. The molecule has 0 amide bonds. The number of ether oxygens (including phenoxy) is 4. The molecule has 0 aliphatic rings. The molecule has 7 heteroatoms. The summed E-state index contributed by atoms with van der Waals surface area (Å²) in [5.41, 5.74) is 2.67. The Morgan fingerprint density at radius 3 is 1.74 bits per heavy atom. The second-order valence-electron chi connectivity index (χ2n) is 8.77. The van der Waals surface area contributed by atoms with E-state index in [4.69, 9.17) is 18.9 Å². The van der Waals surface area contributed by atoms with Crippen LogP contribution in [0.2, 0.25) is 0 Å². The van der Waals surface area contributed by atoms with Crippen LogP contribution >= 0.6 is 0 Å². The van der Waals surface area contributed by atoms with E-state index in [9.17, 15) is 14.4 Å². The summed E-state index contributed by atoms with van der Waals surface area (Å²) in [6.07, 6.45) is 4.70. The van der Waals surface area contributed by atoms with E-state index in [1.54, 1.807) is 55.5 Å². The molecule has 0 aromatic heterocycles. The van der Waals surface area contributed by atoms with Crippen molar-refractivity contribution in [2.75, 3.05) is 13.2 Å². The van der Waals surface area contributed by atoms with Gasteiger partial charge in [-0.15, -0.1) is 0 Å². The van der Waals surface area contributed by atoms with Gasteiger partial charge in [0, 0.05) is 11.6 Å². The lowest BCUT2D eigenvalue weighted by Crippen LogP contribution is -2.08. The van der Waals surface area contributed by atoms with E-state index >= 15 is 0 Å². The van der Waals surface area contributed by atoms with Gasteiger partial charge in [-0.2, -0.15) is 0 Å². The number of unbranched alkanes of at least 4 members (excludes halogenated alkanes) is 3. The van der Waals surface area contributed by atoms with Crippen molar-refractivity contribution in [3.8, 4) is 28.4 Å². The first-order valence-electron chi connectivity index (χ1n) is 12.7. The molecule has 0 heterocycles. The van der Waals surface area contributed by atoms with Crippen LogP contribution in [0, 0.1) is 0 Å². The van der Waals surface area contributed by atoms with Crippen LogP contribution in [-0.4, -0.2) is 31.1 Å². The molecule has 0 unspecified atom stereocenters. The molecule has 0 saturated heterocycles. The fourth-order valence-electron chi connectivity index (χ4n) is 3.48. The second-order valence-corrected chi connectivity index (χ2v) is 8.77. The molecule has 7 nitrogen and oxygen atoms in total. The van der Waals surface area contributed by atoms with Crippen molar-refractivity contribution in [1.82, 2.24) is 0 Å². The van der Waals surface area contributed by atoms with Gasteiger partial charge in [0.1, 0.15) is 17.2 Å². The molecule has 3 aromatic carbocycles. The number of carbonyl (C=O) groups excluding carboxylic acids is 3. The Morgan fingerprint density at radius 2 is 1.21 bits per heavy atom. The molecule has 3 rings (SSSR count). The highest BCUT2D eigenvalue weighted by Crippen LogP contribution is 2.25. The van der Waals surface area contributed by atoms with Gasteiger partial charge in [-0.1, -0.05) is 37.4 Å². The van der Waals surface area contributed by atoms with Crippen LogP contribution in [0.1, 0.15) is 43.0 Å². The maximum Gasteiger partial charge on any atom is 0.343 e. The predicted molar refractivity (Wildman–Crippen MR) is 149 cm³/mol. The van der Waals surface area contributed by atoms with Gasteiger partial charge in [0.05, 0.1) is 18.8 Å². The Balaban J connectivity index is 1.39. The van der Waals surface area contributed by atoms with Crippen LogP contribution in [0.5, 0.6) is 17.2 Å². The molecule has 0 atom stereocenters. The fourth-order valence-corrected chi connectivity index (χ4v) is 3.48. The topological polar surface area (TPSA) is 88.1 Å². The summed E-state index contributed by atoms with van der Waals surface area (Å²) in [6, 6.07) is 21.0. The molecule has 0 aliphatic carbocycles. The standard InChI is InChI=1S/C32H32O7/c1-4-30(33)38-28-17-9-24(10-18-28)25-11-19-29(20-12-25)39-32(35)26-13-15-27(16-14-26)36-21-7-5-6-8-22-37-31(34)23(2)3/h4,9-20H,1-2,5-8,21-22H2,3H3. The van der Waals surface area contributed by atoms with E-state index in [1.165, 1.54) is 0 Å². The van der Waals surface area contributed by atoms with Crippen LogP contribution in [0.15, 0.2) is 97.6 Å². The van der Waals surface area contributed by atoms with Gasteiger partial charge >= 0.3 is 17.9 Å². The first-order chi connectivity index (χ1) is 18.9. The van der Waals surface area contributed by atoms with Gasteiger partial charge in [-0.25, -0.2) is 14.4 Å². The summed E-state index contributed by atoms with van der Waals surface area (Å²) in [4.78, 5) is 35.2. The van der Waals surface area contributed by atoms with Gasteiger partial charge in [-0.3, -0.25) is 0 Å². The maximum atomic E-state index is 12.5. The number of carbonyl (C=O) groups is 3. The Labute approximate surface area is 228 Å². The molecule has 202 valence electrons. The third-order valence-corrected chi connectivity index (χ3v) is 5.62. The predicted octanol–water partition coefficient (Wildman–Crippen LogP) is 6.72. The number of benzene rings is 3. The molecule has 0 N–H and O–H groups in total. The lowest BCUT2D eigenvalue weighted by Gasteiger charge is -2.09. The molecular formula is C32H32O7. The Kier molecular flexibility index (Phi) is 11.1. The average molecular weight is 529 g/mol. The number of rotatable bonds is 14. The molecule has 0 radical (unpaired) electrons. The number of hydrogen-bond donors (Lipinski definition) is 0. The van der Waals surface area contributed by atoms with E-state index in [0.29, 0.717) is 41.6 Å². The molecule has 0 aliphatic heterocycles. The molecule has 0 spiro atoms. The van der Waals surface area contributed by atoms with E-state index in [2.05, 4.69) is 13.2 Å². The summed E-state index contributed by atoms with van der Waals surface area (Å²) in [5, 5.41) is 0. The zero-order chi connectivity index (χ0) is 28.0. The average Bonchev–Trinajstić information content (AvgIpc) is 2.95. The number of esters is 3. The van der Waals surface area contributed by atoms with E-state index in [0.717, 1.165) is 42.9 Å². The second kappa shape index (κ2) is 14.9. The molecule has 0 bridgehead atoms. The largest absolute Gasteiger partial charge is 0.494 e. The highest BCUT2D eigenvalue weighted by Gasteiger charge is 2.10. The van der Waals surface area contributed by atoms with Crippen LogP contribution in [0.4, 0.5) is 0 Å². The Morgan fingerprint density at radius 1 is 0.692 bits per heavy atom. The lowest BCUT2D eigenvalue weighted by molar-refractivity contribution is -0.139. The van der Waals surface area contributed by atoms with E-state index < -0.39 is 11.9 Å². The first-order valence-corrected chi connectivity index (χ1v) is 12.7. The quantitative estimate of drug-likeness (QED) is 0.0993. The van der Waals surface area contributed by atoms with Crippen LogP contribution in [0.25, 0.3) is 11.1 Å². The van der Waals surface area contributed by atoms with Crippen molar-refractivity contribution >= 4 is 17.9 Å². The Bertz CT molecular complexity index is 1270. The first kappa shape index (κ1) is 28.9. The third kappa shape index (κ3) is 9.63. The van der Waals surface area contributed by atoms with Crippen molar-refractivity contribution in [3.05, 3.63) is 103 Å². The van der Waals surface area contributed by atoms with Crippen molar-refractivity contribution in [1.29, 1.82) is 0 Å². The zero-order valence-electron chi connectivity index (χ0n) is 22.0. The van der Waals surface area contributed by atoms with Crippen molar-refractivity contribution in [2.45, 2.75) is 32.6 Å². The van der Waals surface area contributed by atoms with Gasteiger partial charge in [0.15, 0.2) is 0 Å². The van der Waals surface area contributed by atoms with Crippen molar-refractivity contribution in [3.63, 3.8) is 0 Å². The van der Waals surface area contributed by atoms with Gasteiger partial charge < -0.3 is 18.9 Å². The van der Waals surface area contributed by atoms with Gasteiger partial charge in [0.25, 0.3) is 0 Å². The summed E-state index contributed by atoms with van der Waals surface area (Å²) < 4.78 is 21.4. The number of hydrogen-bond acceptors (Lipinski definition) is 7. The monoisotopic (exact) mass is 528 g/mol. The highest BCUT2D eigenvalue weighted by molar-refractivity contribution is 5.91. The third-order valence-electron chi connectivity index (χ3n) is 5.62. The summed E-state index contributed by atoms with van der Waals surface area (Å²) in [6.45, 7) is 9.52. The summed E-state index contributed by atoms with van der Waals surface area (Å²) >= 11 is 0. The molecule has 3 aromatic rings. The van der Waals surface area contributed by atoms with E-state index in [1.807, 2.05) is 24.3 Å². The van der Waals surface area contributed by atoms with Crippen molar-refractivity contribution in [2.24, 2.45) is 0 Å². The highest BCUT2D eigenvalue weighted by atomic mass is 16.5. The fraction of sp³-hybridized carbons (Fsp3) is 0.219. The Hall–Kier alpha value is -4.65. The normalized spacial score (nSPS) is 10.3. The van der Waals surface area contributed by atoms with E-state index in [-0.39, 0.29) is 5.97 Å². The van der Waals surface area contributed by atoms with Crippen molar-refractivity contribution < 1.29 is 33.3 Å². The maximum absolute atomic E-state index is 12.5. The lowest BCUT2D eigenvalue weighted by atomic mass is 10.1.